The maximum atomic E-state index is 13.8. The Labute approximate surface area is 570 Å². The molecule has 0 N–H and O–H groups in total. The molecule has 0 saturated carbocycles. The Hall–Kier alpha value is -5.23. The van der Waals surface area contributed by atoms with Crippen LogP contribution in [0.4, 0.5) is 35.1 Å². The molecule has 92 heavy (non-hydrogen) atoms. The lowest BCUT2D eigenvalue weighted by Crippen LogP contribution is -2.18. The summed E-state index contributed by atoms with van der Waals surface area (Å²) in [7, 11) is 0. The molecule has 0 atom stereocenters. The van der Waals surface area contributed by atoms with Gasteiger partial charge in [0.1, 0.15) is 34.9 Å². The third kappa shape index (κ3) is 26.9. The Morgan fingerprint density at radius 3 is 1.10 bits per heavy atom. The molecule has 0 amide bonds. The van der Waals surface area contributed by atoms with Crippen molar-refractivity contribution in [1.29, 1.82) is 0 Å². The van der Waals surface area contributed by atoms with E-state index in [0.29, 0.717) is 37.9 Å². The lowest BCUT2D eigenvalue weighted by atomic mass is 9.82. The molecule has 506 valence electrons. The van der Waals surface area contributed by atoms with Crippen LogP contribution in [0.2, 0.25) is 25.1 Å². The molecule has 0 saturated heterocycles. The van der Waals surface area contributed by atoms with Crippen LogP contribution in [0, 0.1) is 48.8 Å². The summed E-state index contributed by atoms with van der Waals surface area (Å²) in [5.74, 6) is -2.95. The largest absolute Gasteiger partial charge is 0.295 e. The molecule has 7 rings (SSSR count). The Morgan fingerprint density at radius 1 is 0.348 bits per heavy atom. The van der Waals surface area contributed by atoms with Crippen molar-refractivity contribution in [2.75, 3.05) is 0 Å². The summed E-state index contributed by atoms with van der Waals surface area (Å²) in [6, 6.07) is 31.9. The normalized spacial score (nSPS) is 11.8. The van der Waals surface area contributed by atoms with Gasteiger partial charge < -0.3 is 0 Å². The second kappa shape index (κ2) is 34.4. The van der Waals surface area contributed by atoms with Crippen LogP contribution in [-0.2, 0) is 37.9 Å². The first-order valence-corrected chi connectivity index (χ1v) is 31.9. The van der Waals surface area contributed by atoms with Gasteiger partial charge in [0.2, 0.25) is 0 Å². The Morgan fingerprint density at radius 2 is 0.728 bits per heavy atom. The van der Waals surface area contributed by atoms with Crippen LogP contribution in [-0.4, -0.2) is 11.6 Å². The fraction of sp³-hybridized carbons (Fsp3) is 0.429. The number of alkyl halides is 2. The predicted octanol–water partition coefficient (Wildman–Crippen LogP) is 26.9. The number of rotatable bonds is 3. The first-order chi connectivity index (χ1) is 41.5. The second-order valence-electron chi connectivity index (χ2n) is 29.7. The SMILES string of the molecule is CC(=O)c1ccc(Cl)c(F)c1C(C)(C)C.CC(=O)c1ccc(Cl)cc1C(C)(C)C.CC(C)(C)c1c(F)ccc(Cl)c1F.CC(C)(C)c1cc(Cl)ccc1C(F)F.CC(C)(C)c1cccc(Cl)c1F.Cc1cc(F)c(C(C)(C)C)c(F)c1.Cc1ccc(C(C)(C)C)cc1. The molecular weight excluding hydrogens is 1290 g/mol. The summed E-state index contributed by atoms with van der Waals surface area (Å²) in [6.45, 7) is 47.5. The topological polar surface area (TPSA) is 34.1 Å². The Balaban J connectivity index is 0.000000538. The van der Waals surface area contributed by atoms with Gasteiger partial charge in [-0.05, 0) is 166 Å². The van der Waals surface area contributed by atoms with E-state index in [4.69, 9.17) is 58.0 Å². The molecule has 0 heterocycles. The highest BCUT2D eigenvalue weighted by Crippen LogP contribution is 2.37. The minimum Gasteiger partial charge on any atom is -0.295 e. The van der Waals surface area contributed by atoms with Crippen molar-refractivity contribution in [2.24, 2.45) is 0 Å². The van der Waals surface area contributed by atoms with Crippen LogP contribution in [0.25, 0.3) is 0 Å². The minimum absolute atomic E-state index is 0.0358. The number of Topliss-reactive ketones (excluding diaryl/α,β-unsaturated/α-hetero) is 2. The van der Waals surface area contributed by atoms with E-state index in [1.54, 1.807) is 97.9 Å². The third-order valence-electron chi connectivity index (χ3n) is 13.9. The summed E-state index contributed by atoms with van der Waals surface area (Å²) in [5.41, 5.74) is 5.73. The number of hydrogen-bond donors (Lipinski definition) is 0. The summed E-state index contributed by atoms with van der Waals surface area (Å²) >= 11 is 28.6. The molecule has 0 unspecified atom stereocenters. The molecule has 7 aromatic carbocycles. The van der Waals surface area contributed by atoms with Crippen molar-refractivity contribution in [1.82, 2.24) is 0 Å². The van der Waals surface area contributed by atoms with E-state index in [9.17, 15) is 44.7 Å². The van der Waals surface area contributed by atoms with Gasteiger partial charge in [0, 0.05) is 43.4 Å². The van der Waals surface area contributed by atoms with Gasteiger partial charge in [0.15, 0.2) is 11.6 Å². The first kappa shape index (κ1) is 84.8. The average Bonchev–Trinajstić information content (AvgIpc) is 0.831. The van der Waals surface area contributed by atoms with E-state index in [0.717, 1.165) is 11.1 Å². The summed E-state index contributed by atoms with van der Waals surface area (Å²) in [5, 5.41) is 1.40. The standard InChI is InChI=1S/C12H14ClFO.C12H15ClO.C11H13ClF2.C11H14F2.C11H16.C10H11ClF2.C10H12ClF/c1-7(15)8-5-6-9(13)11(14)10(8)12(2,3)4;1-8(14)10-6-5-9(13)7-11(10)12(2,3)4;1-11(2,3)9-6-7(12)4-5-8(9)10(13)14;1-7-5-8(12)10(9(13)6-7)11(2,3)4;1-9-5-7-10(8-6-9)11(2,3)4;1-10(2,3)8-7(12)5-4-6(11)9(8)13;1-10(2,3)7-5-4-6-8(11)9(7)12/h5-6H,1-4H3;5-7H,1-4H3;4-6,10H,1-3H3;5-6H,1-4H3;5-8H,1-4H3;4-5H,1-3H3;4-6H,1-3H3. The Bertz CT molecular complexity index is 3560. The van der Waals surface area contributed by atoms with E-state index in [2.05, 4.69) is 72.7 Å². The van der Waals surface area contributed by atoms with E-state index in [1.807, 2.05) is 68.4 Å². The highest BCUT2D eigenvalue weighted by molar-refractivity contribution is 6.32. The molecule has 7 aromatic rings. The fourth-order valence-corrected chi connectivity index (χ4v) is 9.99. The van der Waals surface area contributed by atoms with Gasteiger partial charge in [-0.15, -0.1) is 0 Å². The summed E-state index contributed by atoms with van der Waals surface area (Å²) < 4.78 is 106. The average molecular weight is 1380 g/mol. The van der Waals surface area contributed by atoms with Gasteiger partial charge in [-0.2, -0.15) is 0 Å². The highest BCUT2D eigenvalue weighted by Gasteiger charge is 2.28. The molecule has 0 aliphatic carbocycles. The predicted molar refractivity (Wildman–Crippen MR) is 375 cm³/mol. The van der Waals surface area contributed by atoms with Crippen molar-refractivity contribution in [2.45, 2.75) is 217 Å². The van der Waals surface area contributed by atoms with Crippen molar-refractivity contribution in [3.63, 3.8) is 0 Å². The van der Waals surface area contributed by atoms with Crippen molar-refractivity contribution in [3.05, 3.63) is 242 Å². The number of hydrogen-bond acceptors (Lipinski definition) is 2. The van der Waals surface area contributed by atoms with Gasteiger partial charge >= 0.3 is 0 Å². The van der Waals surface area contributed by atoms with Gasteiger partial charge in [0.25, 0.3) is 6.43 Å². The summed E-state index contributed by atoms with van der Waals surface area (Å²) in [6.07, 6.45) is -2.44. The maximum Gasteiger partial charge on any atom is 0.264 e. The quantitative estimate of drug-likeness (QED) is 0.100. The number of carbonyl (C=O) groups excluding carboxylic acids is 2. The molecule has 0 aromatic heterocycles. The highest BCUT2D eigenvalue weighted by atomic mass is 35.5. The zero-order valence-electron chi connectivity index (χ0n) is 58.3. The fourth-order valence-electron chi connectivity index (χ4n) is 9.16. The van der Waals surface area contributed by atoms with E-state index in [1.165, 1.54) is 60.5 Å². The number of carbonyl (C=O) groups is 2. The van der Waals surface area contributed by atoms with E-state index < -0.39 is 51.8 Å². The van der Waals surface area contributed by atoms with Crippen LogP contribution in [0.3, 0.4) is 0 Å². The summed E-state index contributed by atoms with van der Waals surface area (Å²) in [4.78, 5) is 22.7. The lowest BCUT2D eigenvalue weighted by Gasteiger charge is -2.23. The maximum absolute atomic E-state index is 13.8. The van der Waals surface area contributed by atoms with Gasteiger partial charge in [-0.3, -0.25) is 9.59 Å². The zero-order valence-corrected chi connectivity index (χ0v) is 62.1. The van der Waals surface area contributed by atoms with Crippen molar-refractivity contribution in [3.8, 4) is 0 Å². The van der Waals surface area contributed by atoms with Crippen LogP contribution in [0.15, 0.2) is 115 Å². The minimum atomic E-state index is -2.44. The van der Waals surface area contributed by atoms with Crippen LogP contribution < -0.4 is 0 Å². The van der Waals surface area contributed by atoms with Gasteiger partial charge in [-0.25, -0.2) is 35.1 Å². The molecule has 0 aliphatic rings. The van der Waals surface area contributed by atoms with Crippen LogP contribution in [0.5, 0.6) is 0 Å². The third-order valence-corrected chi connectivity index (χ3v) is 15.2. The van der Waals surface area contributed by atoms with E-state index >= 15 is 0 Å². The number of ketones is 2. The number of aryl methyl sites for hydroxylation is 2. The van der Waals surface area contributed by atoms with Crippen molar-refractivity contribution >= 4 is 69.6 Å². The molecule has 15 heteroatoms. The lowest BCUT2D eigenvalue weighted by molar-refractivity contribution is 0.100. The number of halogens is 13. The second-order valence-corrected chi connectivity index (χ2v) is 31.8. The Kier molecular flexibility index (Phi) is 31.7. The monoisotopic (exact) mass is 1380 g/mol. The molecule has 0 radical (unpaired) electrons. The smallest absolute Gasteiger partial charge is 0.264 e. The number of benzene rings is 7. The first-order valence-electron chi connectivity index (χ1n) is 30.0. The van der Waals surface area contributed by atoms with Crippen molar-refractivity contribution < 1.29 is 44.7 Å². The van der Waals surface area contributed by atoms with Crippen LogP contribution >= 0.6 is 58.0 Å². The molecule has 0 spiro atoms. The van der Waals surface area contributed by atoms with Crippen LogP contribution in [0.1, 0.15) is 242 Å². The van der Waals surface area contributed by atoms with E-state index in [-0.39, 0.29) is 70.8 Å². The molecule has 0 aliphatic heterocycles. The van der Waals surface area contributed by atoms with Gasteiger partial charge in [-0.1, -0.05) is 251 Å². The molecule has 0 bridgehead atoms. The molecule has 0 fully saturated rings. The molecule has 2 nitrogen and oxygen atoms in total. The zero-order chi connectivity index (χ0) is 71.9. The van der Waals surface area contributed by atoms with Gasteiger partial charge in [0.05, 0.1) is 15.1 Å². The molecular formula is C77H95Cl5F8O2.